The quantitative estimate of drug-likeness (QED) is 0.611. The fraction of sp³-hybridized carbons (Fsp3) is 1.00. The molecule has 0 aliphatic carbocycles. The summed E-state index contributed by atoms with van der Waals surface area (Å²) in [5.41, 5.74) is -4.82. The molecule has 12 heteroatoms. The Morgan fingerprint density at radius 1 is 1.00 bits per heavy atom. The van der Waals surface area contributed by atoms with E-state index in [2.05, 4.69) is 5.32 Å². The molecule has 0 saturated carbocycles. The van der Waals surface area contributed by atoms with Crippen molar-refractivity contribution in [1.29, 1.82) is 0 Å². The average Bonchev–Trinajstić information content (AvgIpc) is 2.15. The molecule has 0 aromatic rings. The predicted molar refractivity (Wildman–Crippen MR) is 47.3 cm³/mol. The topological polar surface area (TPSA) is 66.4 Å². The van der Waals surface area contributed by atoms with Crippen LogP contribution in [-0.2, 0) is 10.1 Å². The highest BCUT2D eigenvalue weighted by Crippen LogP contribution is 2.43. The zero-order valence-corrected chi connectivity index (χ0v) is 9.79. The molecule has 4 nitrogen and oxygen atoms in total. The second-order valence-corrected chi connectivity index (χ2v) is 4.32. The van der Waals surface area contributed by atoms with Crippen LogP contribution in [0.4, 0.5) is 30.7 Å². The normalized spacial score (nSPS) is 15.1. The molecule has 0 aromatic carbocycles. The first-order valence-electron chi connectivity index (χ1n) is 3.99. The Balaban J connectivity index is 0. The molecule has 0 rings (SSSR count). The van der Waals surface area contributed by atoms with Crippen LogP contribution in [0.25, 0.3) is 0 Å². The molecule has 0 aliphatic heterocycles. The number of halogens is 7. The fourth-order valence-corrected chi connectivity index (χ4v) is 1.02. The highest BCUT2D eigenvalue weighted by molar-refractivity contribution is 7.86. The van der Waals surface area contributed by atoms with Crippen molar-refractivity contribution in [1.82, 2.24) is 5.32 Å². The zero-order valence-electron chi connectivity index (χ0n) is 8.97. The third-order valence-corrected chi connectivity index (χ3v) is 2.08. The average molecular weight is 309 g/mol. The summed E-state index contributed by atoms with van der Waals surface area (Å²) >= 11 is 0. The first-order chi connectivity index (χ1) is 7.76. The lowest BCUT2D eigenvalue weighted by Gasteiger charge is -2.26. The summed E-state index contributed by atoms with van der Waals surface area (Å²) < 4.78 is 111. The molecule has 1 unspecified atom stereocenters. The maximum absolute atomic E-state index is 12.2. The van der Waals surface area contributed by atoms with Crippen LogP contribution >= 0.6 is 0 Å². The fourth-order valence-electron chi connectivity index (χ4n) is 0.484. The van der Waals surface area contributed by atoms with Crippen molar-refractivity contribution in [2.45, 2.75) is 23.8 Å². The van der Waals surface area contributed by atoms with Gasteiger partial charge < -0.3 is 5.32 Å². The van der Waals surface area contributed by atoms with Crippen LogP contribution < -0.4 is 5.32 Å². The standard InChI is InChI=1S/C4H3F7O3S.C2H7N/c5-1(6)3(8,9)4(10,11)2(7)15(12,13)14;1-3-2/h1-2H,(H,12,13,14);3H,1-2H3. The van der Waals surface area contributed by atoms with Gasteiger partial charge in [0.15, 0.2) is 0 Å². The van der Waals surface area contributed by atoms with E-state index in [1.165, 1.54) is 0 Å². The molecule has 1 atom stereocenters. The number of nitrogens with one attached hydrogen (secondary N) is 1. The van der Waals surface area contributed by atoms with Gasteiger partial charge in [0.05, 0.1) is 0 Å². The Morgan fingerprint density at radius 3 is 1.44 bits per heavy atom. The Labute approximate surface area is 97.9 Å². The monoisotopic (exact) mass is 309 g/mol. The molecule has 0 aliphatic rings. The molecule has 0 fully saturated rings. The van der Waals surface area contributed by atoms with E-state index in [0.717, 1.165) is 0 Å². The van der Waals surface area contributed by atoms with Gasteiger partial charge in [-0.25, -0.2) is 13.2 Å². The number of alkyl halides is 7. The lowest BCUT2D eigenvalue weighted by molar-refractivity contribution is -0.274. The summed E-state index contributed by atoms with van der Waals surface area (Å²) in [6, 6.07) is 0. The minimum Gasteiger partial charge on any atom is -0.323 e. The van der Waals surface area contributed by atoms with E-state index < -0.39 is 33.9 Å². The van der Waals surface area contributed by atoms with E-state index in [1.807, 2.05) is 14.1 Å². The molecule has 0 radical (unpaired) electrons. The molecule has 0 amide bonds. The largest absolute Gasteiger partial charge is 0.373 e. The Morgan fingerprint density at radius 2 is 1.28 bits per heavy atom. The summed E-state index contributed by atoms with van der Waals surface area (Å²) in [4.78, 5) is 0. The second-order valence-electron chi connectivity index (χ2n) is 2.88. The SMILES string of the molecule is CNC.O=S(=O)(O)C(F)C(F)(F)C(F)(F)C(F)F. The highest BCUT2D eigenvalue weighted by atomic mass is 32.2. The number of hydrogen-bond donors (Lipinski definition) is 2. The van der Waals surface area contributed by atoms with Gasteiger partial charge in [-0.2, -0.15) is 26.0 Å². The zero-order chi connectivity index (χ0) is 15.4. The number of rotatable bonds is 4. The molecule has 0 spiro atoms. The lowest BCUT2D eigenvalue weighted by Crippen LogP contribution is -2.54. The molecule has 0 saturated heterocycles. The maximum Gasteiger partial charge on any atom is 0.373 e. The van der Waals surface area contributed by atoms with Gasteiger partial charge in [-0.3, -0.25) is 4.55 Å². The Bertz CT molecular complexity index is 345. The summed E-state index contributed by atoms with van der Waals surface area (Å²) in [5, 5.41) is 2.75. The molecule has 2 N–H and O–H groups in total. The van der Waals surface area contributed by atoms with Crippen molar-refractivity contribution in [3.05, 3.63) is 0 Å². The minimum atomic E-state index is -6.23. The van der Waals surface area contributed by atoms with Crippen LogP contribution in [0.15, 0.2) is 0 Å². The van der Waals surface area contributed by atoms with Gasteiger partial charge >= 0.3 is 28.4 Å². The van der Waals surface area contributed by atoms with Crippen LogP contribution in [0, 0.1) is 0 Å². The van der Waals surface area contributed by atoms with Crippen molar-refractivity contribution in [3.63, 3.8) is 0 Å². The van der Waals surface area contributed by atoms with Crippen LogP contribution in [0.3, 0.4) is 0 Å². The first-order valence-corrected chi connectivity index (χ1v) is 5.49. The lowest BCUT2D eigenvalue weighted by atomic mass is 10.2. The van der Waals surface area contributed by atoms with Crippen molar-refractivity contribution in [2.24, 2.45) is 0 Å². The van der Waals surface area contributed by atoms with Crippen molar-refractivity contribution < 1.29 is 43.7 Å². The van der Waals surface area contributed by atoms with E-state index >= 15 is 0 Å². The molecular formula is C6H10F7NO3S. The summed E-state index contributed by atoms with van der Waals surface area (Å²) in [6.07, 6.45) is -4.98. The van der Waals surface area contributed by atoms with E-state index in [0.29, 0.717) is 0 Å². The van der Waals surface area contributed by atoms with Crippen LogP contribution in [0.1, 0.15) is 0 Å². The second kappa shape index (κ2) is 6.52. The Kier molecular flexibility index (Phi) is 7.14. The van der Waals surface area contributed by atoms with Gasteiger partial charge in [-0.05, 0) is 14.1 Å². The summed E-state index contributed by atoms with van der Waals surface area (Å²) in [7, 11) is -2.46. The molecule has 0 aromatic heterocycles. The molecule has 0 bridgehead atoms. The predicted octanol–water partition coefficient (Wildman–Crippen LogP) is 1.54. The van der Waals surface area contributed by atoms with E-state index in [9.17, 15) is 39.2 Å². The van der Waals surface area contributed by atoms with Gasteiger partial charge in [0, 0.05) is 0 Å². The maximum atomic E-state index is 12.2. The number of hydrogen-bond acceptors (Lipinski definition) is 3. The van der Waals surface area contributed by atoms with Crippen molar-refractivity contribution in [3.8, 4) is 0 Å². The third-order valence-electron chi connectivity index (χ3n) is 1.27. The smallest absolute Gasteiger partial charge is 0.323 e. The van der Waals surface area contributed by atoms with Gasteiger partial charge in [0.25, 0.3) is 5.50 Å². The van der Waals surface area contributed by atoms with E-state index in [-0.39, 0.29) is 0 Å². The van der Waals surface area contributed by atoms with Crippen molar-refractivity contribution in [2.75, 3.05) is 14.1 Å². The van der Waals surface area contributed by atoms with E-state index in [4.69, 9.17) is 4.55 Å². The van der Waals surface area contributed by atoms with Gasteiger partial charge in [0.2, 0.25) is 0 Å². The highest BCUT2D eigenvalue weighted by Gasteiger charge is 2.70. The molecule has 18 heavy (non-hydrogen) atoms. The Hall–Kier alpha value is -0.620. The van der Waals surface area contributed by atoms with Crippen LogP contribution in [0.2, 0.25) is 0 Å². The van der Waals surface area contributed by atoms with E-state index in [1.54, 1.807) is 0 Å². The van der Waals surface area contributed by atoms with Crippen LogP contribution in [0.5, 0.6) is 0 Å². The van der Waals surface area contributed by atoms with Gasteiger partial charge in [-0.15, -0.1) is 0 Å². The molecule has 112 valence electrons. The van der Waals surface area contributed by atoms with Gasteiger partial charge in [-0.1, -0.05) is 0 Å². The van der Waals surface area contributed by atoms with Gasteiger partial charge in [0.1, 0.15) is 0 Å². The first kappa shape index (κ1) is 19.7. The van der Waals surface area contributed by atoms with Crippen molar-refractivity contribution >= 4 is 10.1 Å². The molecular weight excluding hydrogens is 299 g/mol. The van der Waals surface area contributed by atoms with Crippen LogP contribution in [-0.4, -0.2) is 50.8 Å². The third kappa shape index (κ3) is 4.57. The summed E-state index contributed by atoms with van der Waals surface area (Å²) in [6.45, 7) is 0. The minimum absolute atomic E-state index is 1.88. The molecule has 0 heterocycles. The summed E-state index contributed by atoms with van der Waals surface area (Å²) in [5.74, 6) is -12.4.